The molecule has 0 aromatic heterocycles. The van der Waals surface area contributed by atoms with Gasteiger partial charge in [0.05, 0.1) is 24.1 Å². The van der Waals surface area contributed by atoms with Gasteiger partial charge in [-0.3, -0.25) is 4.79 Å². The monoisotopic (exact) mass is 451 g/mol. The second kappa shape index (κ2) is 10.1. The van der Waals surface area contributed by atoms with Crippen LogP contribution in [-0.4, -0.2) is 27.1 Å². The maximum Gasteiger partial charge on any atom is 0.276 e. The Hall–Kier alpha value is -3.65. The molecule has 0 radical (unpaired) electrons. The summed E-state index contributed by atoms with van der Waals surface area (Å²) in [4.78, 5) is 14.7. The SMILES string of the molecule is COc1ccc(CC(=O)Nc2ccc(C(C)=NNS(=O)(=O)c3ccc(C)cc3)cc2)cc1. The smallest absolute Gasteiger partial charge is 0.276 e. The predicted molar refractivity (Wildman–Crippen MR) is 125 cm³/mol. The fraction of sp³-hybridized carbons (Fsp3) is 0.167. The summed E-state index contributed by atoms with van der Waals surface area (Å²) in [6, 6.07) is 20.9. The van der Waals surface area contributed by atoms with E-state index >= 15 is 0 Å². The molecule has 0 heterocycles. The molecule has 0 bridgehead atoms. The number of hydrogen-bond acceptors (Lipinski definition) is 5. The molecule has 2 N–H and O–H groups in total. The van der Waals surface area contributed by atoms with E-state index < -0.39 is 10.0 Å². The van der Waals surface area contributed by atoms with Gasteiger partial charge < -0.3 is 10.1 Å². The summed E-state index contributed by atoms with van der Waals surface area (Å²) in [5.74, 6) is 0.599. The highest BCUT2D eigenvalue weighted by atomic mass is 32.2. The molecule has 8 heteroatoms. The number of hydrogen-bond donors (Lipinski definition) is 2. The molecular formula is C24H25N3O4S. The van der Waals surface area contributed by atoms with Crippen LogP contribution in [0.25, 0.3) is 0 Å². The summed E-state index contributed by atoms with van der Waals surface area (Å²) in [7, 11) is -2.15. The van der Waals surface area contributed by atoms with Crippen LogP contribution in [-0.2, 0) is 21.2 Å². The molecule has 0 unspecified atom stereocenters. The molecule has 1 amide bonds. The van der Waals surface area contributed by atoms with Crippen molar-refractivity contribution in [2.75, 3.05) is 12.4 Å². The zero-order valence-electron chi connectivity index (χ0n) is 18.1. The third kappa shape index (κ3) is 6.18. The quantitative estimate of drug-likeness (QED) is 0.401. The second-order valence-corrected chi connectivity index (χ2v) is 8.92. The van der Waals surface area contributed by atoms with Crippen molar-refractivity contribution in [3.63, 3.8) is 0 Å². The van der Waals surface area contributed by atoms with Crippen molar-refractivity contribution in [2.24, 2.45) is 5.10 Å². The number of anilines is 1. The van der Waals surface area contributed by atoms with Crippen LogP contribution >= 0.6 is 0 Å². The lowest BCUT2D eigenvalue weighted by atomic mass is 10.1. The van der Waals surface area contributed by atoms with Crippen molar-refractivity contribution in [1.82, 2.24) is 4.83 Å². The summed E-state index contributed by atoms with van der Waals surface area (Å²) >= 11 is 0. The van der Waals surface area contributed by atoms with E-state index in [4.69, 9.17) is 4.74 Å². The van der Waals surface area contributed by atoms with Gasteiger partial charge in [0, 0.05) is 5.69 Å². The molecule has 166 valence electrons. The zero-order chi connectivity index (χ0) is 23.1. The first kappa shape index (κ1) is 23.0. The molecule has 0 saturated heterocycles. The lowest BCUT2D eigenvalue weighted by Crippen LogP contribution is -2.20. The standard InChI is InChI=1S/C24H25N3O4S/c1-17-4-14-23(15-5-17)32(29,30)27-26-18(2)20-8-10-21(11-9-20)25-24(28)16-19-6-12-22(31-3)13-7-19/h4-15,27H,16H2,1-3H3,(H,25,28). The van der Waals surface area contributed by atoms with Crippen LogP contribution in [0.2, 0.25) is 0 Å². The van der Waals surface area contributed by atoms with Crippen LogP contribution in [0.3, 0.4) is 0 Å². The number of nitrogens with one attached hydrogen (secondary N) is 2. The van der Waals surface area contributed by atoms with Gasteiger partial charge in [-0.2, -0.15) is 18.4 Å². The summed E-state index contributed by atoms with van der Waals surface area (Å²) < 4.78 is 29.9. The average Bonchev–Trinajstić information content (AvgIpc) is 2.79. The number of aryl methyl sites for hydroxylation is 1. The predicted octanol–water partition coefficient (Wildman–Crippen LogP) is 3.89. The van der Waals surface area contributed by atoms with Crippen LogP contribution in [0.5, 0.6) is 5.75 Å². The van der Waals surface area contributed by atoms with Crippen LogP contribution in [0, 0.1) is 6.92 Å². The number of methoxy groups -OCH3 is 1. The number of hydrazone groups is 1. The third-order valence-electron chi connectivity index (χ3n) is 4.77. The molecule has 0 aliphatic rings. The van der Waals surface area contributed by atoms with Gasteiger partial charge in [0.15, 0.2) is 0 Å². The largest absolute Gasteiger partial charge is 0.497 e. The maximum atomic E-state index is 12.4. The molecule has 0 fully saturated rings. The van der Waals surface area contributed by atoms with E-state index in [-0.39, 0.29) is 17.2 Å². The number of carbonyl (C=O) groups is 1. The number of amides is 1. The first-order valence-corrected chi connectivity index (χ1v) is 11.4. The molecule has 0 atom stereocenters. The number of rotatable bonds is 8. The van der Waals surface area contributed by atoms with Crippen molar-refractivity contribution >= 4 is 27.3 Å². The molecule has 32 heavy (non-hydrogen) atoms. The van der Waals surface area contributed by atoms with Gasteiger partial charge in [-0.1, -0.05) is 42.0 Å². The molecule has 0 spiro atoms. The maximum absolute atomic E-state index is 12.4. The van der Waals surface area contributed by atoms with Gasteiger partial charge in [0.25, 0.3) is 10.0 Å². The normalized spacial score (nSPS) is 11.7. The lowest BCUT2D eigenvalue weighted by molar-refractivity contribution is -0.115. The summed E-state index contributed by atoms with van der Waals surface area (Å²) in [6.45, 7) is 3.59. The van der Waals surface area contributed by atoms with Crippen molar-refractivity contribution in [1.29, 1.82) is 0 Å². The summed E-state index contributed by atoms with van der Waals surface area (Å²) in [5.41, 5.74) is 3.71. The van der Waals surface area contributed by atoms with Gasteiger partial charge in [0.1, 0.15) is 5.75 Å². The van der Waals surface area contributed by atoms with Crippen molar-refractivity contribution in [3.05, 3.63) is 89.5 Å². The van der Waals surface area contributed by atoms with Crippen molar-refractivity contribution < 1.29 is 17.9 Å². The topological polar surface area (TPSA) is 96.9 Å². The van der Waals surface area contributed by atoms with E-state index in [0.29, 0.717) is 11.4 Å². The average molecular weight is 452 g/mol. The Morgan fingerprint density at radius 3 is 2.16 bits per heavy atom. The molecular weight excluding hydrogens is 426 g/mol. The van der Waals surface area contributed by atoms with E-state index in [2.05, 4.69) is 15.2 Å². The number of nitrogens with zero attached hydrogens (tertiary/aromatic N) is 1. The molecule has 3 rings (SSSR count). The number of carbonyl (C=O) groups excluding carboxylic acids is 1. The van der Waals surface area contributed by atoms with Crippen LogP contribution in [0.4, 0.5) is 5.69 Å². The third-order valence-corrected chi connectivity index (χ3v) is 6.00. The number of sulfonamides is 1. The first-order chi connectivity index (χ1) is 15.3. The van der Waals surface area contributed by atoms with Gasteiger partial charge in [-0.05, 0) is 61.4 Å². The van der Waals surface area contributed by atoms with Crippen molar-refractivity contribution in [2.45, 2.75) is 25.2 Å². The summed E-state index contributed by atoms with van der Waals surface area (Å²) in [5, 5.41) is 6.85. The van der Waals surface area contributed by atoms with E-state index in [9.17, 15) is 13.2 Å². The lowest BCUT2D eigenvalue weighted by Gasteiger charge is -2.08. The van der Waals surface area contributed by atoms with Gasteiger partial charge >= 0.3 is 0 Å². The highest BCUT2D eigenvalue weighted by Gasteiger charge is 2.12. The molecule has 3 aromatic rings. The summed E-state index contributed by atoms with van der Waals surface area (Å²) in [6.07, 6.45) is 0.243. The Bertz CT molecular complexity index is 1200. The molecule has 0 aliphatic heterocycles. The Kier molecular flexibility index (Phi) is 7.27. The Balaban J connectivity index is 1.60. The van der Waals surface area contributed by atoms with Crippen LogP contribution in [0.1, 0.15) is 23.6 Å². The number of benzene rings is 3. The first-order valence-electron chi connectivity index (χ1n) is 9.93. The minimum atomic E-state index is -3.74. The van der Waals surface area contributed by atoms with Gasteiger partial charge in [-0.25, -0.2) is 0 Å². The highest BCUT2D eigenvalue weighted by molar-refractivity contribution is 7.89. The van der Waals surface area contributed by atoms with E-state index in [1.807, 2.05) is 31.2 Å². The van der Waals surface area contributed by atoms with E-state index in [1.54, 1.807) is 50.4 Å². The van der Waals surface area contributed by atoms with Crippen LogP contribution < -0.4 is 14.9 Å². The minimum absolute atomic E-state index is 0.140. The second-order valence-electron chi connectivity index (χ2n) is 7.26. The Morgan fingerprint density at radius 1 is 0.938 bits per heavy atom. The molecule has 0 saturated carbocycles. The number of ether oxygens (including phenoxy) is 1. The highest BCUT2D eigenvalue weighted by Crippen LogP contribution is 2.15. The minimum Gasteiger partial charge on any atom is -0.497 e. The van der Waals surface area contributed by atoms with Crippen molar-refractivity contribution in [3.8, 4) is 5.75 Å². The fourth-order valence-electron chi connectivity index (χ4n) is 2.89. The van der Waals surface area contributed by atoms with Gasteiger partial charge in [-0.15, -0.1) is 0 Å². The Labute approximate surface area is 188 Å². The fourth-order valence-corrected chi connectivity index (χ4v) is 3.75. The van der Waals surface area contributed by atoms with E-state index in [1.165, 1.54) is 12.1 Å². The Morgan fingerprint density at radius 2 is 1.56 bits per heavy atom. The molecule has 7 nitrogen and oxygen atoms in total. The van der Waals surface area contributed by atoms with Gasteiger partial charge in [0.2, 0.25) is 5.91 Å². The zero-order valence-corrected chi connectivity index (χ0v) is 18.9. The van der Waals surface area contributed by atoms with Crippen LogP contribution in [0.15, 0.2) is 82.8 Å². The molecule has 0 aliphatic carbocycles. The molecule has 3 aromatic carbocycles. The van der Waals surface area contributed by atoms with E-state index in [0.717, 1.165) is 22.4 Å².